The van der Waals surface area contributed by atoms with E-state index in [4.69, 9.17) is 0 Å². The summed E-state index contributed by atoms with van der Waals surface area (Å²) < 4.78 is 13.8. The number of hydrogen-bond donors (Lipinski definition) is 1. The summed E-state index contributed by atoms with van der Waals surface area (Å²) in [7, 11) is 0. The Bertz CT molecular complexity index is 897. The molecule has 1 saturated heterocycles. The molecule has 0 bridgehead atoms. The molecule has 0 unspecified atom stereocenters. The van der Waals surface area contributed by atoms with E-state index < -0.39 is 5.82 Å². The second-order valence-electron chi connectivity index (χ2n) is 6.68. The number of halogens is 1. The summed E-state index contributed by atoms with van der Waals surface area (Å²) in [5.74, 6) is -0.115. The van der Waals surface area contributed by atoms with Gasteiger partial charge >= 0.3 is 0 Å². The highest BCUT2D eigenvalue weighted by Crippen LogP contribution is 2.24. The van der Waals surface area contributed by atoms with E-state index in [0.717, 1.165) is 30.3 Å². The SMILES string of the molecule is O=C(c1ccccc1F)N1CCC(Cc2cnc3[nH]ccc3c2)CC1. The Balaban J connectivity index is 1.38. The van der Waals surface area contributed by atoms with Crippen LogP contribution >= 0.6 is 0 Å². The monoisotopic (exact) mass is 337 g/mol. The number of fused-ring (bicyclic) bond motifs is 1. The first-order chi connectivity index (χ1) is 12.2. The van der Waals surface area contributed by atoms with Gasteiger partial charge in [-0.3, -0.25) is 4.79 Å². The average molecular weight is 337 g/mol. The van der Waals surface area contributed by atoms with Gasteiger partial charge in [0.15, 0.2) is 0 Å². The molecule has 0 saturated carbocycles. The zero-order valence-corrected chi connectivity index (χ0v) is 13.9. The number of hydrogen-bond acceptors (Lipinski definition) is 2. The van der Waals surface area contributed by atoms with E-state index in [0.29, 0.717) is 19.0 Å². The fourth-order valence-corrected chi connectivity index (χ4v) is 3.58. The van der Waals surface area contributed by atoms with Crippen LogP contribution in [0.4, 0.5) is 4.39 Å². The third-order valence-corrected chi connectivity index (χ3v) is 4.99. The van der Waals surface area contributed by atoms with Crippen molar-refractivity contribution in [3.05, 3.63) is 65.7 Å². The van der Waals surface area contributed by atoms with E-state index in [1.807, 2.05) is 18.5 Å². The van der Waals surface area contributed by atoms with Gasteiger partial charge in [-0.2, -0.15) is 0 Å². The molecule has 5 heteroatoms. The van der Waals surface area contributed by atoms with Crippen molar-refractivity contribution in [2.45, 2.75) is 19.3 Å². The Hall–Kier alpha value is -2.69. The lowest BCUT2D eigenvalue weighted by Crippen LogP contribution is -2.39. The Labute approximate surface area is 145 Å². The minimum Gasteiger partial charge on any atom is -0.346 e. The Kier molecular flexibility index (Phi) is 4.22. The van der Waals surface area contributed by atoms with Gasteiger partial charge < -0.3 is 9.88 Å². The highest BCUT2D eigenvalue weighted by Gasteiger charge is 2.25. The van der Waals surface area contributed by atoms with Crippen LogP contribution < -0.4 is 0 Å². The van der Waals surface area contributed by atoms with Gasteiger partial charge in [0.05, 0.1) is 5.56 Å². The Morgan fingerprint density at radius 2 is 2.04 bits per heavy atom. The topological polar surface area (TPSA) is 49.0 Å². The maximum absolute atomic E-state index is 13.8. The molecule has 128 valence electrons. The average Bonchev–Trinajstić information content (AvgIpc) is 3.10. The molecular weight excluding hydrogens is 317 g/mol. The highest BCUT2D eigenvalue weighted by atomic mass is 19.1. The lowest BCUT2D eigenvalue weighted by molar-refractivity contribution is 0.0686. The Morgan fingerprint density at radius 1 is 1.24 bits per heavy atom. The number of amides is 1. The third-order valence-electron chi connectivity index (χ3n) is 4.99. The third kappa shape index (κ3) is 3.27. The number of benzene rings is 1. The van der Waals surface area contributed by atoms with Crippen molar-refractivity contribution < 1.29 is 9.18 Å². The fourth-order valence-electron chi connectivity index (χ4n) is 3.58. The Morgan fingerprint density at radius 3 is 2.84 bits per heavy atom. The fraction of sp³-hybridized carbons (Fsp3) is 0.300. The normalized spacial score (nSPS) is 15.6. The number of piperidine rings is 1. The maximum Gasteiger partial charge on any atom is 0.256 e. The lowest BCUT2D eigenvalue weighted by atomic mass is 9.90. The van der Waals surface area contributed by atoms with Crippen LogP contribution in [-0.4, -0.2) is 33.9 Å². The molecule has 1 N–H and O–H groups in total. The van der Waals surface area contributed by atoms with Crippen LogP contribution in [-0.2, 0) is 6.42 Å². The maximum atomic E-state index is 13.8. The highest BCUT2D eigenvalue weighted by molar-refractivity contribution is 5.94. The van der Waals surface area contributed by atoms with Crippen molar-refractivity contribution >= 4 is 16.9 Å². The van der Waals surface area contributed by atoms with Crippen LogP contribution in [0.2, 0.25) is 0 Å². The zero-order chi connectivity index (χ0) is 17.2. The minimum atomic E-state index is -0.444. The van der Waals surface area contributed by atoms with E-state index in [9.17, 15) is 9.18 Å². The molecule has 2 aromatic heterocycles. The van der Waals surface area contributed by atoms with E-state index in [2.05, 4.69) is 16.0 Å². The molecule has 1 fully saturated rings. The molecule has 1 amide bonds. The standard InChI is InChI=1S/C20H20FN3O/c21-18-4-2-1-3-17(18)20(25)24-9-6-14(7-10-24)11-15-12-16-5-8-22-19(16)23-13-15/h1-5,8,12-14H,6-7,9-11H2,(H,22,23). The number of likely N-dealkylation sites (tertiary alicyclic amines) is 1. The van der Waals surface area contributed by atoms with Crippen molar-refractivity contribution in [3.8, 4) is 0 Å². The molecule has 1 aliphatic rings. The smallest absolute Gasteiger partial charge is 0.256 e. The molecule has 1 aliphatic heterocycles. The van der Waals surface area contributed by atoms with Gasteiger partial charge in [0.2, 0.25) is 0 Å². The van der Waals surface area contributed by atoms with E-state index in [-0.39, 0.29) is 11.5 Å². The van der Waals surface area contributed by atoms with Crippen LogP contribution in [0, 0.1) is 11.7 Å². The first kappa shape index (κ1) is 15.8. The van der Waals surface area contributed by atoms with Gasteiger partial charge in [-0.25, -0.2) is 9.37 Å². The number of carbonyl (C=O) groups excluding carboxylic acids is 1. The number of aromatic nitrogens is 2. The molecule has 1 aromatic carbocycles. The van der Waals surface area contributed by atoms with Gasteiger partial charge in [-0.05, 0) is 55.0 Å². The van der Waals surface area contributed by atoms with Gasteiger partial charge in [0.25, 0.3) is 5.91 Å². The van der Waals surface area contributed by atoms with Crippen LogP contribution in [0.3, 0.4) is 0 Å². The summed E-state index contributed by atoms with van der Waals surface area (Å²) in [5.41, 5.74) is 2.31. The molecule has 0 spiro atoms. The van der Waals surface area contributed by atoms with Crippen molar-refractivity contribution in [1.29, 1.82) is 0 Å². The van der Waals surface area contributed by atoms with Crippen molar-refractivity contribution in [2.24, 2.45) is 5.92 Å². The van der Waals surface area contributed by atoms with Gasteiger partial charge in [-0.15, -0.1) is 0 Å². The van der Waals surface area contributed by atoms with Crippen molar-refractivity contribution in [2.75, 3.05) is 13.1 Å². The number of pyridine rings is 1. The van der Waals surface area contributed by atoms with E-state index >= 15 is 0 Å². The first-order valence-corrected chi connectivity index (χ1v) is 8.66. The van der Waals surface area contributed by atoms with E-state index in [1.54, 1.807) is 23.1 Å². The van der Waals surface area contributed by atoms with Gasteiger partial charge in [0, 0.05) is 30.9 Å². The summed E-state index contributed by atoms with van der Waals surface area (Å²) >= 11 is 0. The molecule has 3 heterocycles. The number of carbonyl (C=O) groups is 1. The van der Waals surface area contributed by atoms with E-state index in [1.165, 1.54) is 11.6 Å². The molecule has 4 nitrogen and oxygen atoms in total. The van der Waals surface area contributed by atoms with Crippen molar-refractivity contribution in [1.82, 2.24) is 14.9 Å². The predicted molar refractivity (Wildman–Crippen MR) is 94.8 cm³/mol. The predicted octanol–water partition coefficient (Wildman–Crippen LogP) is 3.80. The molecule has 25 heavy (non-hydrogen) atoms. The summed E-state index contributed by atoms with van der Waals surface area (Å²) in [4.78, 5) is 21.8. The summed E-state index contributed by atoms with van der Waals surface area (Å²) in [6.07, 6.45) is 6.66. The zero-order valence-electron chi connectivity index (χ0n) is 13.9. The number of rotatable bonds is 3. The van der Waals surface area contributed by atoms with Crippen LogP contribution in [0.25, 0.3) is 11.0 Å². The van der Waals surface area contributed by atoms with Crippen LogP contribution in [0.1, 0.15) is 28.8 Å². The first-order valence-electron chi connectivity index (χ1n) is 8.66. The van der Waals surface area contributed by atoms with Gasteiger partial charge in [-0.1, -0.05) is 12.1 Å². The molecule has 0 aliphatic carbocycles. The number of H-pyrrole nitrogens is 1. The van der Waals surface area contributed by atoms with Gasteiger partial charge in [0.1, 0.15) is 11.5 Å². The number of nitrogens with one attached hydrogen (secondary N) is 1. The summed E-state index contributed by atoms with van der Waals surface area (Å²) in [5, 5.41) is 1.13. The molecule has 3 aromatic rings. The largest absolute Gasteiger partial charge is 0.346 e. The minimum absolute atomic E-state index is 0.169. The number of nitrogens with zero attached hydrogens (tertiary/aromatic N) is 2. The second-order valence-corrected chi connectivity index (χ2v) is 6.68. The molecule has 0 atom stereocenters. The molecule has 0 radical (unpaired) electrons. The lowest BCUT2D eigenvalue weighted by Gasteiger charge is -2.32. The summed E-state index contributed by atoms with van der Waals surface area (Å²) in [6, 6.07) is 10.4. The molecule has 4 rings (SSSR count). The number of aromatic amines is 1. The van der Waals surface area contributed by atoms with Crippen molar-refractivity contribution in [3.63, 3.8) is 0 Å². The van der Waals surface area contributed by atoms with Crippen LogP contribution in [0.5, 0.6) is 0 Å². The second kappa shape index (κ2) is 6.67. The summed E-state index contributed by atoms with van der Waals surface area (Å²) in [6.45, 7) is 1.36. The quantitative estimate of drug-likeness (QED) is 0.790. The van der Waals surface area contributed by atoms with Crippen LogP contribution in [0.15, 0.2) is 48.8 Å². The molecular formula is C20H20FN3O.